The molecule has 0 N–H and O–H groups in total. The number of hydrogen-bond acceptors (Lipinski definition) is 3. The van der Waals surface area contributed by atoms with Crippen molar-refractivity contribution in [2.24, 2.45) is 11.1 Å². The van der Waals surface area contributed by atoms with Gasteiger partial charge in [-0.25, -0.2) is 4.39 Å². The van der Waals surface area contributed by atoms with Crippen molar-refractivity contribution in [2.75, 3.05) is 13.1 Å². The largest absolute Gasteiger partial charge is 0.384 e. The average molecular weight is 449 g/mol. The summed E-state index contributed by atoms with van der Waals surface area (Å²) >= 11 is 12.3. The summed E-state index contributed by atoms with van der Waals surface area (Å²) in [6.07, 6.45) is 0.542. The molecule has 0 aliphatic carbocycles. The molecular weight excluding hydrogens is 426 g/mol. The van der Waals surface area contributed by atoms with Crippen molar-refractivity contribution in [3.63, 3.8) is 0 Å². The first-order chi connectivity index (χ1) is 14.1. The molecule has 7 heteroatoms. The number of carbonyl (C=O) groups excluding carboxylic acids is 1. The molecule has 30 heavy (non-hydrogen) atoms. The Kier molecular flexibility index (Phi) is 5.31. The van der Waals surface area contributed by atoms with Crippen LogP contribution in [0.3, 0.4) is 0 Å². The van der Waals surface area contributed by atoms with Crippen molar-refractivity contribution >= 4 is 34.8 Å². The molecule has 0 aromatic heterocycles. The van der Waals surface area contributed by atoms with E-state index in [1.807, 2.05) is 45.0 Å². The lowest BCUT2D eigenvalue weighted by Crippen LogP contribution is -2.59. The highest BCUT2D eigenvalue weighted by Crippen LogP contribution is 2.40. The van der Waals surface area contributed by atoms with Gasteiger partial charge < -0.3 is 9.74 Å². The molecule has 1 amide bonds. The third kappa shape index (κ3) is 3.81. The SMILES string of the molecule is CC(C)C(=O)N1CC(F)(c2ccc(C3=NOC(C)(c4cc(Cl)cc(Cl)c4)C3)cc2)C1. The lowest BCUT2D eigenvalue weighted by Gasteiger charge is -2.45. The molecule has 2 aromatic rings. The lowest BCUT2D eigenvalue weighted by atomic mass is 9.85. The van der Waals surface area contributed by atoms with Crippen LogP contribution >= 0.6 is 23.2 Å². The second kappa shape index (κ2) is 7.54. The minimum Gasteiger partial charge on any atom is -0.384 e. The number of rotatable bonds is 4. The number of carbonyl (C=O) groups is 1. The topological polar surface area (TPSA) is 41.9 Å². The molecule has 2 aliphatic rings. The van der Waals surface area contributed by atoms with Gasteiger partial charge >= 0.3 is 0 Å². The molecule has 4 rings (SSSR count). The maximum Gasteiger partial charge on any atom is 0.225 e. The van der Waals surface area contributed by atoms with Crippen LogP contribution in [-0.4, -0.2) is 29.6 Å². The summed E-state index contributed by atoms with van der Waals surface area (Å²) in [5.74, 6) is -0.140. The summed E-state index contributed by atoms with van der Waals surface area (Å²) in [6.45, 7) is 5.78. The fraction of sp³-hybridized carbons (Fsp3) is 0.391. The second-order valence-electron chi connectivity index (χ2n) is 8.59. The van der Waals surface area contributed by atoms with Crippen molar-refractivity contribution in [1.82, 2.24) is 4.90 Å². The van der Waals surface area contributed by atoms with E-state index in [1.165, 1.54) is 0 Å². The zero-order valence-corrected chi connectivity index (χ0v) is 18.6. The van der Waals surface area contributed by atoms with Crippen molar-refractivity contribution in [2.45, 2.75) is 38.5 Å². The van der Waals surface area contributed by atoms with Crippen LogP contribution < -0.4 is 0 Å². The number of halogens is 3. The van der Waals surface area contributed by atoms with Gasteiger partial charge in [0.05, 0.1) is 18.8 Å². The number of nitrogens with zero attached hydrogens (tertiary/aromatic N) is 2. The van der Waals surface area contributed by atoms with Crippen LogP contribution in [0.1, 0.15) is 43.9 Å². The molecule has 2 heterocycles. The smallest absolute Gasteiger partial charge is 0.225 e. The van der Waals surface area contributed by atoms with Crippen LogP contribution in [0.5, 0.6) is 0 Å². The molecule has 1 unspecified atom stereocenters. The third-order valence-corrected chi connectivity index (χ3v) is 6.20. The monoisotopic (exact) mass is 448 g/mol. The molecule has 158 valence electrons. The van der Waals surface area contributed by atoms with Crippen molar-refractivity contribution in [1.29, 1.82) is 0 Å². The van der Waals surface area contributed by atoms with Crippen molar-refractivity contribution in [3.05, 3.63) is 69.2 Å². The van der Waals surface area contributed by atoms with Gasteiger partial charge in [-0.1, -0.05) is 66.5 Å². The minimum absolute atomic E-state index is 0.0160. The first kappa shape index (κ1) is 21.1. The summed E-state index contributed by atoms with van der Waals surface area (Å²) in [4.78, 5) is 19.3. The first-order valence-electron chi connectivity index (χ1n) is 9.90. The summed E-state index contributed by atoms with van der Waals surface area (Å²) in [7, 11) is 0. The number of alkyl halides is 1. The molecule has 4 nitrogen and oxygen atoms in total. The van der Waals surface area contributed by atoms with Crippen LogP contribution in [0.4, 0.5) is 4.39 Å². The zero-order chi connectivity index (χ0) is 21.7. The van der Waals surface area contributed by atoms with Crippen molar-refractivity contribution in [3.8, 4) is 0 Å². The summed E-state index contributed by atoms with van der Waals surface area (Å²) in [5.41, 5.74) is 0.899. The van der Waals surface area contributed by atoms with Crippen LogP contribution in [0, 0.1) is 5.92 Å². The number of hydrogen-bond donors (Lipinski definition) is 0. The average Bonchev–Trinajstić information content (AvgIpc) is 3.08. The number of likely N-dealkylation sites (tertiary alicyclic amines) is 1. The second-order valence-corrected chi connectivity index (χ2v) is 9.46. The predicted octanol–water partition coefficient (Wildman–Crippen LogP) is 5.70. The molecule has 1 saturated heterocycles. The van der Waals surface area contributed by atoms with Crippen LogP contribution in [0.2, 0.25) is 10.0 Å². The van der Waals surface area contributed by atoms with E-state index in [-0.39, 0.29) is 24.9 Å². The Morgan fingerprint density at radius 3 is 2.27 bits per heavy atom. The quantitative estimate of drug-likeness (QED) is 0.601. The van der Waals surface area contributed by atoms with E-state index < -0.39 is 11.3 Å². The fourth-order valence-corrected chi connectivity index (χ4v) is 4.46. The normalized spacial score (nSPS) is 22.5. The number of oxime groups is 1. The molecule has 1 fully saturated rings. The Hall–Kier alpha value is -2.11. The van der Waals surface area contributed by atoms with Crippen LogP contribution in [0.15, 0.2) is 47.6 Å². The highest BCUT2D eigenvalue weighted by Gasteiger charge is 2.47. The van der Waals surface area contributed by atoms with E-state index in [9.17, 15) is 4.79 Å². The molecule has 2 aliphatic heterocycles. The van der Waals surface area contributed by atoms with E-state index >= 15 is 4.39 Å². The highest BCUT2D eigenvalue weighted by atomic mass is 35.5. The molecular formula is C23H23Cl2FN2O2. The standard InChI is InChI=1S/C23H23Cl2FN2O2/c1-14(2)21(29)28-12-23(26,13-28)16-6-4-15(5-7-16)20-11-22(3,30-27-20)17-8-18(24)10-19(25)9-17/h4-10,14H,11-13H2,1-3H3. The molecule has 1 atom stereocenters. The van der Waals surface area contributed by atoms with E-state index in [1.54, 1.807) is 23.1 Å². The van der Waals surface area contributed by atoms with Crippen LogP contribution in [-0.2, 0) is 20.9 Å². The minimum atomic E-state index is -1.50. The van der Waals surface area contributed by atoms with Crippen LogP contribution in [0.25, 0.3) is 0 Å². The highest BCUT2D eigenvalue weighted by molar-refractivity contribution is 6.34. The fourth-order valence-electron chi connectivity index (χ4n) is 3.93. The first-order valence-corrected chi connectivity index (χ1v) is 10.7. The van der Waals surface area contributed by atoms with E-state index in [0.29, 0.717) is 22.0 Å². The van der Waals surface area contributed by atoms with Gasteiger partial charge in [0.2, 0.25) is 5.91 Å². The number of amides is 1. The van der Waals surface area contributed by atoms with Gasteiger partial charge in [0.15, 0.2) is 11.3 Å². The zero-order valence-electron chi connectivity index (χ0n) is 17.1. The van der Waals surface area contributed by atoms with Gasteiger partial charge in [-0.05, 0) is 36.2 Å². The van der Waals surface area contributed by atoms with Gasteiger partial charge in [-0.3, -0.25) is 4.79 Å². The van der Waals surface area contributed by atoms with E-state index in [0.717, 1.165) is 16.8 Å². The Labute approximate surface area is 185 Å². The third-order valence-electron chi connectivity index (χ3n) is 5.76. The Morgan fingerprint density at radius 1 is 1.10 bits per heavy atom. The summed E-state index contributed by atoms with van der Waals surface area (Å²) in [6, 6.07) is 12.5. The van der Waals surface area contributed by atoms with Gasteiger partial charge in [-0.2, -0.15) is 0 Å². The molecule has 2 aromatic carbocycles. The van der Waals surface area contributed by atoms with E-state index in [2.05, 4.69) is 5.16 Å². The number of benzene rings is 2. The molecule has 0 bridgehead atoms. The predicted molar refractivity (Wildman–Crippen MR) is 117 cm³/mol. The molecule has 0 spiro atoms. The maximum atomic E-state index is 15.2. The van der Waals surface area contributed by atoms with Gasteiger partial charge in [0, 0.05) is 27.9 Å². The Balaban J connectivity index is 1.46. The molecule has 0 radical (unpaired) electrons. The van der Waals surface area contributed by atoms with Gasteiger partial charge in [0.1, 0.15) is 0 Å². The van der Waals surface area contributed by atoms with E-state index in [4.69, 9.17) is 28.0 Å². The Morgan fingerprint density at radius 2 is 1.70 bits per heavy atom. The summed E-state index contributed by atoms with van der Waals surface area (Å²) < 4.78 is 15.2. The summed E-state index contributed by atoms with van der Waals surface area (Å²) in [5, 5.41) is 5.34. The van der Waals surface area contributed by atoms with Gasteiger partial charge in [-0.15, -0.1) is 0 Å². The lowest BCUT2D eigenvalue weighted by molar-refractivity contribution is -0.149. The van der Waals surface area contributed by atoms with Crippen molar-refractivity contribution < 1.29 is 14.0 Å². The molecule has 0 saturated carbocycles. The van der Waals surface area contributed by atoms with Gasteiger partial charge in [0.25, 0.3) is 0 Å². The Bertz CT molecular complexity index is 996. The maximum absolute atomic E-state index is 15.2.